The molecule has 0 saturated heterocycles. The van der Waals surface area contributed by atoms with Crippen LogP contribution in [0.25, 0.3) is 75.5 Å². The number of thiophene rings is 1. The average molecular weight is 792 g/mol. The minimum Gasteiger partial charge on any atom is -0.308 e. The molecule has 2 heteroatoms. The van der Waals surface area contributed by atoms with Gasteiger partial charge in [-0.05, 0) is 102 Å². The van der Waals surface area contributed by atoms with Crippen LogP contribution in [0.5, 0.6) is 0 Å². The summed E-state index contributed by atoms with van der Waals surface area (Å²) in [6, 6.07) is 83.4. The lowest BCUT2D eigenvalue weighted by molar-refractivity contribution is 0.794. The lowest BCUT2D eigenvalue weighted by atomic mass is 9.70. The summed E-state index contributed by atoms with van der Waals surface area (Å²) in [5.41, 5.74) is 18.5. The summed E-state index contributed by atoms with van der Waals surface area (Å²) < 4.78 is 2.58. The zero-order valence-electron chi connectivity index (χ0n) is 33.2. The number of nitrogens with zero attached hydrogens (tertiary/aromatic N) is 1. The summed E-state index contributed by atoms with van der Waals surface area (Å²) in [4.78, 5) is 2.56. The molecule has 2 aliphatic rings. The average Bonchev–Trinajstić information content (AvgIpc) is 3.98. The fourth-order valence-corrected chi connectivity index (χ4v) is 12.0. The van der Waals surface area contributed by atoms with Crippen molar-refractivity contribution in [2.45, 2.75) is 5.41 Å². The zero-order chi connectivity index (χ0) is 40.1. The van der Waals surface area contributed by atoms with Crippen LogP contribution in [0, 0.1) is 0 Å². The van der Waals surface area contributed by atoms with Crippen molar-refractivity contribution in [3.05, 3.63) is 247 Å². The first-order valence-corrected chi connectivity index (χ1v) is 21.9. The highest BCUT2D eigenvalue weighted by Crippen LogP contribution is 2.65. The van der Waals surface area contributed by atoms with E-state index in [0.717, 1.165) is 5.69 Å². The van der Waals surface area contributed by atoms with E-state index in [-0.39, 0.29) is 0 Å². The highest BCUT2D eigenvalue weighted by atomic mass is 32.1. The maximum atomic E-state index is 2.56. The molecule has 0 amide bonds. The summed E-state index contributed by atoms with van der Waals surface area (Å²) in [7, 11) is 0. The van der Waals surface area contributed by atoms with Crippen molar-refractivity contribution in [1.82, 2.24) is 0 Å². The third-order valence-electron chi connectivity index (χ3n) is 13.3. The van der Waals surface area contributed by atoms with Crippen LogP contribution < -0.4 is 4.90 Å². The van der Waals surface area contributed by atoms with Gasteiger partial charge in [-0.3, -0.25) is 0 Å². The van der Waals surface area contributed by atoms with E-state index in [1.54, 1.807) is 0 Å². The molecular weight excluding hydrogens is 755 g/mol. The van der Waals surface area contributed by atoms with Gasteiger partial charge in [0, 0.05) is 26.7 Å². The van der Waals surface area contributed by atoms with E-state index in [0.29, 0.717) is 0 Å². The summed E-state index contributed by atoms with van der Waals surface area (Å²) in [5, 5.41) is 5.14. The topological polar surface area (TPSA) is 3.24 Å². The smallest absolute Gasteiger partial charge is 0.0726 e. The number of rotatable bonds is 5. The van der Waals surface area contributed by atoms with Gasteiger partial charge in [0.1, 0.15) is 0 Å². The SMILES string of the molecule is c1ccc(-c2ccc(-c3ccc(N(c4cccc5c4-c4ccccc4C54c5ccccc5-c5ccccc54)c4cc5ccccc5c5c4sc4ccccc45)cc3)cc2)cc1. The van der Waals surface area contributed by atoms with E-state index in [9.17, 15) is 0 Å². The summed E-state index contributed by atoms with van der Waals surface area (Å²) >= 11 is 1.90. The zero-order valence-corrected chi connectivity index (χ0v) is 34.0. The van der Waals surface area contributed by atoms with E-state index in [2.05, 4.69) is 229 Å². The third-order valence-corrected chi connectivity index (χ3v) is 14.5. The molecular formula is C59H37NS. The molecule has 13 rings (SSSR count). The van der Waals surface area contributed by atoms with E-state index in [4.69, 9.17) is 0 Å². The molecule has 0 saturated carbocycles. The van der Waals surface area contributed by atoms with Gasteiger partial charge < -0.3 is 4.90 Å². The second-order valence-corrected chi connectivity index (χ2v) is 17.4. The molecule has 0 unspecified atom stereocenters. The first kappa shape index (κ1) is 34.4. The number of benzene rings is 10. The normalized spacial score (nSPS) is 13.0. The minimum absolute atomic E-state index is 0.438. The highest BCUT2D eigenvalue weighted by molar-refractivity contribution is 7.26. The molecule has 0 fully saturated rings. The molecule has 11 aromatic rings. The van der Waals surface area contributed by atoms with Gasteiger partial charge in [0.05, 0.1) is 21.5 Å². The van der Waals surface area contributed by atoms with Crippen molar-refractivity contribution < 1.29 is 0 Å². The summed E-state index contributed by atoms with van der Waals surface area (Å²) in [6.07, 6.45) is 0. The second kappa shape index (κ2) is 13.2. The maximum Gasteiger partial charge on any atom is 0.0726 e. The molecule has 0 bridgehead atoms. The molecule has 61 heavy (non-hydrogen) atoms. The molecule has 0 aliphatic heterocycles. The van der Waals surface area contributed by atoms with Crippen LogP contribution in [-0.4, -0.2) is 0 Å². The Morgan fingerprint density at radius 1 is 0.361 bits per heavy atom. The Morgan fingerprint density at radius 2 is 0.869 bits per heavy atom. The molecule has 1 aromatic heterocycles. The lowest BCUT2D eigenvalue weighted by Crippen LogP contribution is -2.26. The predicted octanol–water partition coefficient (Wildman–Crippen LogP) is 16.4. The van der Waals surface area contributed by atoms with Crippen molar-refractivity contribution >= 4 is 59.3 Å². The van der Waals surface area contributed by atoms with E-state index in [1.165, 1.54) is 109 Å². The predicted molar refractivity (Wildman–Crippen MR) is 259 cm³/mol. The van der Waals surface area contributed by atoms with Gasteiger partial charge in [0.15, 0.2) is 0 Å². The van der Waals surface area contributed by atoms with Crippen molar-refractivity contribution in [3.8, 4) is 44.5 Å². The molecule has 0 N–H and O–H groups in total. The van der Waals surface area contributed by atoms with E-state index in [1.807, 2.05) is 11.3 Å². The quantitative estimate of drug-likeness (QED) is 0.168. The van der Waals surface area contributed by atoms with Crippen molar-refractivity contribution in [2.24, 2.45) is 0 Å². The standard InChI is InChI=1S/C59H37NS/c1-2-15-38(16-3-1)39-29-31-40(32-30-39)41-33-35-43(36-34-41)60(54-37-42-17-4-5-18-44(42)56-48-22-9-13-28-55(48)61-58(54)56)53-27-14-26-52-57(53)47-21-8-12-25-51(47)59(52)49-23-10-6-19-45(49)46-20-7-11-24-50(46)59/h1-37H. The second-order valence-electron chi connectivity index (χ2n) is 16.3. The highest BCUT2D eigenvalue weighted by Gasteiger charge is 2.52. The van der Waals surface area contributed by atoms with Gasteiger partial charge in [0.25, 0.3) is 0 Å². The molecule has 0 atom stereocenters. The van der Waals surface area contributed by atoms with Gasteiger partial charge in [-0.2, -0.15) is 0 Å². The maximum absolute atomic E-state index is 2.56. The van der Waals surface area contributed by atoms with E-state index < -0.39 is 5.41 Å². The Labute approximate surface area is 359 Å². The summed E-state index contributed by atoms with van der Waals surface area (Å²) in [5.74, 6) is 0. The Kier molecular flexibility index (Phi) is 7.46. The molecule has 10 aromatic carbocycles. The lowest BCUT2D eigenvalue weighted by Gasteiger charge is -2.32. The van der Waals surface area contributed by atoms with Crippen LogP contribution in [-0.2, 0) is 5.41 Å². The molecule has 1 heterocycles. The third kappa shape index (κ3) is 4.88. The van der Waals surface area contributed by atoms with Crippen LogP contribution >= 0.6 is 11.3 Å². The minimum atomic E-state index is -0.438. The van der Waals surface area contributed by atoms with Crippen LogP contribution in [0.1, 0.15) is 22.3 Å². The van der Waals surface area contributed by atoms with Crippen LogP contribution in [0.4, 0.5) is 17.1 Å². The van der Waals surface area contributed by atoms with Gasteiger partial charge in [-0.15, -0.1) is 11.3 Å². The number of hydrogen-bond acceptors (Lipinski definition) is 2. The van der Waals surface area contributed by atoms with Crippen LogP contribution in [0.3, 0.4) is 0 Å². The first-order chi connectivity index (χ1) is 30.3. The monoisotopic (exact) mass is 791 g/mol. The molecule has 284 valence electrons. The van der Waals surface area contributed by atoms with Gasteiger partial charge in [-0.1, -0.05) is 194 Å². The fraction of sp³-hybridized carbons (Fsp3) is 0.0169. The molecule has 1 nitrogen and oxygen atoms in total. The molecule has 2 aliphatic carbocycles. The van der Waals surface area contributed by atoms with Gasteiger partial charge in [-0.25, -0.2) is 0 Å². The Hall–Kier alpha value is -7.52. The van der Waals surface area contributed by atoms with Crippen molar-refractivity contribution in [3.63, 3.8) is 0 Å². The number of fused-ring (bicyclic) bond motifs is 15. The number of anilines is 3. The van der Waals surface area contributed by atoms with Gasteiger partial charge >= 0.3 is 0 Å². The summed E-state index contributed by atoms with van der Waals surface area (Å²) in [6.45, 7) is 0. The van der Waals surface area contributed by atoms with Crippen molar-refractivity contribution in [2.75, 3.05) is 4.90 Å². The van der Waals surface area contributed by atoms with E-state index >= 15 is 0 Å². The van der Waals surface area contributed by atoms with Gasteiger partial charge in [0.2, 0.25) is 0 Å². The first-order valence-electron chi connectivity index (χ1n) is 21.1. The van der Waals surface area contributed by atoms with Crippen molar-refractivity contribution in [1.29, 1.82) is 0 Å². The Balaban J connectivity index is 1.08. The molecule has 0 radical (unpaired) electrons. The van der Waals surface area contributed by atoms with Crippen LogP contribution in [0.2, 0.25) is 0 Å². The molecule has 1 spiro atoms. The number of hydrogen-bond donors (Lipinski definition) is 0. The van der Waals surface area contributed by atoms with Crippen LogP contribution in [0.15, 0.2) is 224 Å². The fourth-order valence-electron chi connectivity index (χ4n) is 10.7. The largest absolute Gasteiger partial charge is 0.308 e. The Morgan fingerprint density at radius 3 is 1.56 bits per heavy atom. The Bertz CT molecular complexity index is 3480.